The fourth-order valence-corrected chi connectivity index (χ4v) is 3.48. The smallest absolute Gasteiger partial charge is 0.253 e. The highest BCUT2D eigenvalue weighted by Gasteiger charge is 2.19. The van der Waals surface area contributed by atoms with Gasteiger partial charge in [0.25, 0.3) is 5.91 Å². The Morgan fingerprint density at radius 2 is 1.83 bits per heavy atom. The molecular formula is C23H26N4O2. The number of nitrogens with one attached hydrogen (secondary N) is 1. The number of nitrogens with zero attached hydrogens (tertiary/aromatic N) is 3. The number of likely N-dealkylation sites (N-methyl/N-ethyl adjacent to an activating group) is 1. The van der Waals surface area contributed by atoms with Gasteiger partial charge in [-0.3, -0.25) is 14.5 Å². The van der Waals surface area contributed by atoms with Gasteiger partial charge in [0.05, 0.1) is 18.2 Å². The van der Waals surface area contributed by atoms with Gasteiger partial charge in [-0.05, 0) is 55.3 Å². The number of rotatable bonds is 7. The molecule has 150 valence electrons. The monoisotopic (exact) mass is 390 g/mol. The average Bonchev–Trinajstić information content (AvgIpc) is 3.27. The predicted molar refractivity (Wildman–Crippen MR) is 111 cm³/mol. The minimum Gasteiger partial charge on any atom is -0.351 e. The molecule has 1 aliphatic heterocycles. The first-order valence-electron chi connectivity index (χ1n) is 9.87. The minimum atomic E-state index is -0.0684. The van der Waals surface area contributed by atoms with E-state index in [2.05, 4.69) is 11.4 Å². The number of amides is 2. The van der Waals surface area contributed by atoms with E-state index in [4.69, 9.17) is 5.26 Å². The number of hydrogen-bond acceptors (Lipinski definition) is 4. The summed E-state index contributed by atoms with van der Waals surface area (Å²) in [7, 11) is 1.87. The van der Waals surface area contributed by atoms with Crippen molar-refractivity contribution in [2.24, 2.45) is 0 Å². The summed E-state index contributed by atoms with van der Waals surface area (Å²) in [6.07, 6.45) is 2.15. The summed E-state index contributed by atoms with van der Waals surface area (Å²) in [6.45, 7) is 2.96. The van der Waals surface area contributed by atoms with Crippen LogP contribution < -0.4 is 5.32 Å². The molecule has 0 spiro atoms. The number of likely N-dealkylation sites (tertiary alicyclic amines) is 1. The lowest BCUT2D eigenvalue weighted by Gasteiger charge is -2.17. The number of carbonyl (C=O) groups is 2. The Kier molecular flexibility index (Phi) is 6.99. The van der Waals surface area contributed by atoms with Gasteiger partial charge < -0.3 is 10.2 Å². The van der Waals surface area contributed by atoms with Crippen molar-refractivity contribution < 1.29 is 9.59 Å². The molecule has 1 N–H and O–H groups in total. The maximum absolute atomic E-state index is 12.4. The third kappa shape index (κ3) is 5.90. The van der Waals surface area contributed by atoms with Gasteiger partial charge >= 0.3 is 0 Å². The number of hydrogen-bond donors (Lipinski definition) is 1. The molecule has 0 aliphatic carbocycles. The molecule has 0 radical (unpaired) electrons. The van der Waals surface area contributed by atoms with Crippen molar-refractivity contribution >= 4 is 11.8 Å². The van der Waals surface area contributed by atoms with Crippen LogP contribution >= 0.6 is 0 Å². The van der Waals surface area contributed by atoms with E-state index in [-0.39, 0.29) is 18.4 Å². The SMILES string of the molecule is CN(CC(=O)NCc1ccc(C(=O)N2CCCC2)cc1)Cc1cccc(C#N)c1. The molecule has 0 unspecified atom stereocenters. The van der Waals surface area contributed by atoms with E-state index >= 15 is 0 Å². The molecule has 3 rings (SSSR count). The van der Waals surface area contributed by atoms with E-state index in [0.29, 0.717) is 24.2 Å². The first-order chi connectivity index (χ1) is 14.0. The maximum atomic E-state index is 12.4. The van der Waals surface area contributed by atoms with Crippen molar-refractivity contribution in [3.8, 4) is 6.07 Å². The van der Waals surface area contributed by atoms with Crippen molar-refractivity contribution in [3.63, 3.8) is 0 Å². The van der Waals surface area contributed by atoms with Crippen LogP contribution in [0.5, 0.6) is 0 Å². The zero-order valence-electron chi connectivity index (χ0n) is 16.7. The molecule has 0 aromatic heterocycles. The van der Waals surface area contributed by atoms with Crippen molar-refractivity contribution in [1.29, 1.82) is 5.26 Å². The van der Waals surface area contributed by atoms with Crippen LogP contribution in [0.15, 0.2) is 48.5 Å². The summed E-state index contributed by atoms with van der Waals surface area (Å²) >= 11 is 0. The summed E-state index contributed by atoms with van der Waals surface area (Å²) in [5.74, 6) is 0.0151. The fourth-order valence-electron chi connectivity index (χ4n) is 3.48. The molecule has 2 amide bonds. The zero-order valence-corrected chi connectivity index (χ0v) is 16.7. The van der Waals surface area contributed by atoms with Crippen LogP contribution in [0.25, 0.3) is 0 Å². The summed E-state index contributed by atoms with van der Waals surface area (Å²) in [6, 6.07) is 17.0. The molecule has 6 nitrogen and oxygen atoms in total. The van der Waals surface area contributed by atoms with Gasteiger partial charge in [-0.15, -0.1) is 0 Å². The second kappa shape index (κ2) is 9.85. The molecule has 6 heteroatoms. The normalized spacial score (nSPS) is 13.3. The van der Waals surface area contributed by atoms with E-state index in [9.17, 15) is 9.59 Å². The van der Waals surface area contributed by atoms with E-state index < -0.39 is 0 Å². The van der Waals surface area contributed by atoms with Gasteiger partial charge in [-0.2, -0.15) is 5.26 Å². The summed E-state index contributed by atoms with van der Waals surface area (Å²) < 4.78 is 0. The quantitative estimate of drug-likeness (QED) is 0.788. The van der Waals surface area contributed by atoms with Crippen LogP contribution in [0.4, 0.5) is 0 Å². The topological polar surface area (TPSA) is 76.4 Å². The van der Waals surface area contributed by atoms with Gasteiger partial charge in [0.1, 0.15) is 0 Å². The van der Waals surface area contributed by atoms with Crippen LogP contribution in [-0.4, -0.2) is 48.3 Å². The molecule has 2 aromatic carbocycles. The Morgan fingerprint density at radius 3 is 2.52 bits per heavy atom. The Labute approximate surface area is 171 Å². The maximum Gasteiger partial charge on any atom is 0.253 e. The highest BCUT2D eigenvalue weighted by atomic mass is 16.2. The van der Waals surface area contributed by atoms with Gasteiger partial charge in [0, 0.05) is 31.7 Å². The third-order valence-electron chi connectivity index (χ3n) is 5.01. The molecule has 0 bridgehead atoms. The fraction of sp³-hybridized carbons (Fsp3) is 0.348. The third-order valence-corrected chi connectivity index (χ3v) is 5.01. The largest absolute Gasteiger partial charge is 0.351 e. The van der Waals surface area contributed by atoms with Crippen molar-refractivity contribution in [1.82, 2.24) is 15.1 Å². The van der Waals surface area contributed by atoms with E-state index in [1.54, 1.807) is 6.07 Å². The van der Waals surface area contributed by atoms with Crippen LogP contribution in [0.2, 0.25) is 0 Å². The molecule has 0 atom stereocenters. The zero-order chi connectivity index (χ0) is 20.6. The Bertz CT molecular complexity index is 896. The van der Waals surface area contributed by atoms with Gasteiger partial charge in [0.2, 0.25) is 5.91 Å². The van der Waals surface area contributed by atoms with Crippen LogP contribution in [0.3, 0.4) is 0 Å². The van der Waals surface area contributed by atoms with Crippen molar-refractivity contribution in [2.45, 2.75) is 25.9 Å². The van der Waals surface area contributed by atoms with Crippen LogP contribution in [0, 0.1) is 11.3 Å². The molecule has 0 saturated carbocycles. The number of nitriles is 1. The highest BCUT2D eigenvalue weighted by molar-refractivity contribution is 5.94. The Morgan fingerprint density at radius 1 is 1.10 bits per heavy atom. The van der Waals surface area contributed by atoms with E-state index in [1.165, 1.54) is 0 Å². The second-order valence-electron chi connectivity index (χ2n) is 7.46. The molecule has 1 saturated heterocycles. The average molecular weight is 390 g/mol. The van der Waals surface area contributed by atoms with Gasteiger partial charge in [0.15, 0.2) is 0 Å². The number of benzene rings is 2. The number of carbonyl (C=O) groups excluding carboxylic acids is 2. The lowest BCUT2D eigenvalue weighted by atomic mass is 10.1. The van der Waals surface area contributed by atoms with Gasteiger partial charge in [-0.1, -0.05) is 24.3 Å². The molecule has 1 aliphatic rings. The second-order valence-corrected chi connectivity index (χ2v) is 7.46. The van der Waals surface area contributed by atoms with Crippen molar-refractivity contribution in [2.75, 3.05) is 26.7 Å². The summed E-state index contributed by atoms with van der Waals surface area (Å²) in [5, 5.41) is 11.9. The first kappa shape index (κ1) is 20.6. The van der Waals surface area contributed by atoms with E-state index in [0.717, 1.165) is 37.1 Å². The molecule has 2 aromatic rings. The highest BCUT2D eigenvalue weighted by Crippen LogP contribution is 2.13. The molecular weight excluding hydrogens is 364 g/mol. The first-order valence-corrected chi connectivity index (χ1v) is 9.87. The van der Waals surface area contributed by atoms with E-state index in [1.807, 2.05) is 59.3 Å². The standard InChI is InChI=1S/C23H26N4O2/c1-26(16-20-6-4-5-19(13-20)14-24)17-22(28)25-15-18-7-9-21(10-8-18)23(29)27-11-2-3-12-27/h4-10,13H,2-3,11-12,15-17H2,1H3,(H,25,28). The van der Waals surface area contributed by atoms with Crippen LogP contribution in [-0.2, 0) is 17.9 Å². The molecule has 1 heterocycles. The lowest BCUT2D eigenvalue weighted by Crippen LogP contribution is -2.34. The minimum absolute atomic E-state index is 0.0684. The predicted octanol–water partition coefficient (Wildman–Crippen LogP) is 2.54. The van der Waals surface area contributed by atoms with Crippen LogP contribution in [0.1, 0.15) is 39.9 Å². The Hall–Kier alpha value is -3.17. The summed E-state index contributed by atoms with van der Waals surface area (Å²) in [4.78, 5) is 28.4. The lowest BCUT2D eigenvalue weighted by molar-refractivity contribution is -0.122. The molecule has 29 heavy (non-hydrogen) atoms. The molecule has 1 fully saturated rings. The Balaban J connectivity index is 1.45. The summed E-state index contributed by atoms with van der Waals surface area (Å²) in [5.41, 5.74) is 3.27. The van der Waals surface area contributed by atoms with Gasteiger partial charge in [-0.25, -0.2) is 0 Å². The van der Waals surface area contributed by atoms with Crippen molar-refractivity contribution in [3.05, 3.63) is 70.8 Å².